The van der Waals surface area contributed by atoms with Gasteiger partial charge >= 0.3 is 0 Å². The van der Waals surface area contributed by atoms with Crippen LogP contribution in [-0.2, 0) is 6.54 Å². The first-order valence-corrected chi connectivity index (χ1v) is 7.32. The number of aromatic nitrogens is 1. The van der Waals surface area contributed by atoms with Gasteiger partial charge in [0.05, 0.1) is 11.4 Å². The van der Waals surface area contributed by atoms with Gasteiger partial charge in [0.2, 0.25) is 0 Å². The lowest BCUT2D eigenvalue weighted by Gasteiger charge is -2.22. The standard InChI is InChI=1S/C17H21N3/c1-14-8-9-15(12-18-14)13-19-16-6-2-3-7-17(16)20-10-4-5-11-20/h2-3,6-9,12,19H,4-5,10-11,13H2,1H3. The third kappa shape index (κ3) is 2.93. The molecule has 0 aliphatic carbocycles. The molecule has 3 heteroatoms. The summed E-state index contributed by atoms with van der Waals surface area (Å²) in [5.74, 6) is 0. The zero-order valence-electron chi connectivity index (χ0n) is 12.0. The number of rotatable bonds is 4. The van der Waals surface area contributed by atoms with Crippen LogP contribution in [0.4, 0.5) is 11.4 Å². The molecule has 0 unspecified atom stereocenters. The van der Waals surface area contributed by atoms with Gasteiger partial charge in [0.1, 0.15) is 0 Å². The fourth-order valence-electron chi connectivity index (χ4n) is 2.66. The lowest BCUT2D eigenvalue weighted by molar-refractivity contribution is 0.949. The number of benzene rings is 1. The van der Waals surface area contributed by atoms with E-state index in [-0.39, 0.29) is 0 Å². The molecule has 0 atom stereocenters. The number of nitrogens with zero attached hydrogens (tertiary/aromatic N) is 2. The van der Waals surface area contributed by atoms with Crippen LogP contribution in [0.15, 0.2) is 42.6 Å². The molecule has 1 saturated heterocycles. The zero-order valence-corrected chi connectivity index (χ0v) is 12.0. The quantitative estimate of drug-likeness (QED) is 0.917. The molecule has 3 nitrogen and oxygen atoms in total. The molecule has 0 radical (unpaired) electrons. The van der Waals surface area contributed by atoms with Gasteiger partial charge in [-0.3, -0.25) is 4.98 Å². The summed E-state index contributed by atoms with van der Waals surface area (Å²) in [6.45, 7) is 5.17. The summed E-state index contributed by atoms with van der Waals surface area (Å²) in [6, 6.07) is 12.8. The van der Waals surface area contributed by atoms with Crippen LogP contribution >= 0.6 is 0 Å². The van der Waals surface area contributed by atoms with Crippen molar-refractivity contribution < 1.29 is 0 Å². The maximum absolute atomic E-state index is 4.34. The van der Waals surface area contributed by atoms with E-state index in [4.69, 9.17) is 0 Å². The van der Waals surface area contributed by atoms with Crippen LogP contribution in [0.5, 0.6) is 0 Å². The highest BCUT2D eigenvalue weighted by Crippen LogP contribution is 2.28. The Morgan fingerprint density at radius 2 is 1.90 bits per heavy atom. The van der Waals surface area contributed by atoms with Crippen LogP contribution in [0.1, 0.15) is 24.1 Å². The molecule has 1 aromatic carbocycles. The van der Waals surface area contributed by atoms with E-state index in [9.17, 15) is 0 Å². The number of aryl methyl sites for hydroxylation is 1. The highest BCUT2D eigenvalue weighted by molar-refractivity contribution is 5.70. The summed E-state index contributed by atoms with van der Waals surface area (Å²) in [4.78, 5) is 6.81. The predicted molar refractivity (Wildman–Crippen MR) is 84.2 cm³/mol. The monoisotopic (exact) mass is 267 g/mol. The molecule has 104 valence electrons. The lowest BCUT2D eigenvalue weighted by Crippen LogP contribution is -2.19. The second-order valence-electron chi connectivity index (χ2n) is 5.37. The molecule has 3 rings (SSSR count). The highest BCUT2D eigenvalue weighted by Gasteiger charge is 2.14. The first-order chi connectivity index (χ1) is 9.83. The van der Waals surface area contributed by atoms with Gasteiger partial charge in [0.25, 0.3) is 0 Å². The molecule has 0 amide bonds. The molecule has 2 heterocycles. The van der Waals surface area contributed by atoms with Crippen LogP contribution < -0.4 is 10.2 Å². The van der Waals surface area contributed by atoms with Gasteiger partial charge in [-0.1, -0.05) is 18.2 Å². The predicted octanol–water partition coefficient (Wildman–Crippen LogP) is 3.60. The molecular weight excluding hydrogens is 246 g/mol. The van der Waals surface area contributed by atoms with Gasteiger partial charge in [0, 0.05) is 31.5 Å². The van der Waals surface area contributed by atoms with Gasteiger partial charge in [0.15, 0.2) is 0 Å². The smallest absolute Gasteiger partial charge is 0.0602 e. The van der Waals surface area contributed by atoms with Gasteiger partial charge in [-0.25, -0.2) is 0 Å². The molecule has 1 N–H and O–H groups in total. The van der Waals surface area contributed by atoms with Gasteiger partial charge in [-0.15, -0.1) is 0 Å². The molecule has 1 fully saturated rings. The number of hydrogen-bond acceptors (Lipinski definition) is 3. The topological polar surface area (TPSA) is 28.2 Å². The molecule has 0 saturated carbocycles. The maximum atomic E-state index is 4.34. The normalized spacial score (nSPS) is 14.6. The molecule has 1 aromatic heterocycles. The van der Waals surface area contributed by atoms with Gasteiger partial charge < -0.3 is 10.2 Å². The van der Waals surface area contributed by atoms with Crippen molar-refractivity contribution in [2.24, 2.45) is 0 Å². The van der Waals surface area contributed by atoms with Crippen LogP contribution in [0.25, 0.3) is 0 Å². The van der Waals surface area contributed by atoms with Crippen LogP contribution in [0.3, 0.4) is 0 Å². The number of hydrogen-bond donors (Lipinski definition) is 1. The second-order valence-corrected chi connectivity index (χ2v) is 5.37. The average Bonchev–Trinajstić information content (AvgIpc) is 3.01. The third-order valence-electron chi connectivity index (χ3n) is 3.81. The van der Waals surface area contributed by atoms with Crippen molar-refractivity contribution in [3.05, 3.63) is 53.9 Å². The Balaban J connectivity index is 1.72. The fraction of sp³-hybridized carbons (Fsp3) is 0.353. The summed E-state index contributed by atoms with van der Waals surface area (Å²) in [7, 11) is 0. The largest absolute Gasteiger partial charge is 0.379 e. The first kappa shape index (κ1) is 13.0. The third-order valence-corrected chi connectivity index (χ3v) is 3.81. The van der Waals surface area contributed by atoms with E-state index in [1.165, 1.54) is 42.9 Å². The van der Waals surface area contributed by atoms with E-state index in [1.807, 2.05) is 13.1 Å². The van der Waals surface area contributed by atoms with E-state index in [2.05, 4.69) is 51.6 Å². The average molecular weight is 267 g/mol. The number of pyridine rings is 1. The summed E-state index contributed by atoms with van der Waals surface area (Å²) >= 11 is 0. The van der Waals surface area contributed by atoms with E-state index >= 15 is 0 Å². The van der Waals surface area contributed by atoms with Crippen LogP contribution in [0.2, 0.25) is 0 Å². The summed E-state index contributed by atoms with van der Waals surface area (Å²) in [5.41, 5.74) is 4.82. The Bertz CT molecular complexity index is 557. The fourth-order valence-corrected chi connectivity index (χ4v) is 2.66. The zero-order chi connectivity index (χ0) is 13.8. The van der Waals surface area contributed by atoms with Crippen molar-refractivity contribution in [3.63, 3.8) is 0 Å². The maximum Gasteiger partial charge on any atom is 0.0602 e. The summed E-state index contributed by atoms with van der Waals surface area (Å²) < 4.78 is 0. The minimum atomic E-state index is 0.818. The Labute approximate surface area is 120 Å². The SMILES string of the molecule is Cc1ccc(CNc2ccccc2N2CCCC2)cn1. The number of anilines is 2. The molecule has 20 heavy (non-hydrogen) atoms. The summed E-state index contributed by atoms with van der Waals surface area (Å²) in [6.07, 6.45) is 4.55. The Hall–Kier alpha value is -2.03. The molecule has 2 aromatic rings. The molecule has 1 aliphatic heterocycles. The molecule has 1 aliphatic rings. The van der Waals surface area contributed by atoms with Crippen molar-refractivity contribution in [1.82, 2.24) is 4.98 Å². The van der Waals surface area contributed by atoms with E-state index in [1.54, 1.807) is 0 Å². The van der Waals surface area contributed by atoms with Crippen molar-refractivity contribution >= 4 is 11.4 Å². The Morgan fingerprint density at radius 3 is 2.65 bits per heavy atom. The van der Waals surface area contributed by atoms with Crippen LogP contribution in [0, 0.1) is 6.92 Å². The van der Waals surface area contributed by atoms with E-state index < -0.39 is 0 Å². The van der Waals surface area contributed by atoms with Gasteiger partial charge in [-0.05, 0) is 43.5 Å². The molecule has 0 spiro atoms. The van der Waals surface area contributed by atoms with E-state index in [0.717, 1.165) is 12.2 Å². The molecule has 0 bridgehead atoms. The van der Waals surface area contributed by atoms with Crippen molar-refractivity contribution in [3.8, 4) is 0 Å². The van der Waals surface area contributed by atoms with Crippen molar-refractivity contribution in [1.29, 1.82) is 0 Å². The van der Waals surface area contributed by atoms with E-state index in [0.29, 0.717) is 0 Å². The van der Waals surface area contributed by atoms with Crippen molar-refractivity contribution in [2.45, 2.75) is 26.3 Å². The first-order valence-electron chi connectivity index (χ1n) is 7.32. The van der Waals surface area contributed by atoms with Crippen molar-refractivity contribution in [2.75, 3.05) is 23.3 Å². The second kappa shape index (κ2) is 5.95. The minimum absolute atomic E-state index is 0.818. The number of para-hydroxylation sites is 2. The lowest BCUT2D eigenvalue weighted by atomic mass is 10.2. The van der Waals surface area contributed by atoms with Gasteiger partial charge in [-0.2, -0.15) is 0 Å². The highest BCUT2D eigenvalue weighted by atomic mass is 15.2. The Kier molecular flexibility index (Phi) is 3.86. The van der Waals surface area contributed by atoms with Crippen LogP contribution in [-0.4, -0.2) is 18.1 Å². The minimum Gasteiger partial charge on any atom is -0.379 e. The molecular formula is C17H21N3. The number of nitrogens with one attached hydrogen (secondary N) is 1. The summed E-state index contributed by atoms with van der Waals surface area (Å²) in [5, 5.41) is 3.54. The Morgan fingerprint density at radius 1 is 1.10 bits per heavy atom.